The van der Waals surface area contributed by atoms with Crippen LogP contribution in [-0.2, 0) is 0 Å². The smallest absolute Gasteiger partial charge is 0.275 e. The van der Waals surface area contributed by atoms with Gasteiger partial charge in [0, 0.05) is 24.6 Å². The van der Waals surface area contributed by atoms with Crippen molar-refractivity contribution in [2.45, 2.75) is 31.7 Å². The third kappa shape index (κ3) is 2.38. The van der Waals surface area contributed by atoms with Crippen LogP contribution in [0.2, 0.25) is 0 Å². The van der Waals surface area contributed by atoms with E-state index >= 15 is 0 Å². The number of hydrogen-bond donors (Lipinski definition) is 1. The standard InChI is InChI=1S/C10H15N3O2S/c14-6-2-5-13(8-3-1-4-8)10(15)9-7-16-12-11-9/h7-8,14H,1-6H2. The molecule has 0 aromatic carbocycles. The molecule has 1 aromatic heterocycles. The first-order chi connectivity index (χ1) is 7.83. The molecule has 5 nitrogen and oxygen atoms in total. The van der Waals surface area contributed by atoms with E-state index in [0.717, 1.165) is 12.8 Å². The van der Waals surface area contributed by atoms with Crippen molar-refractivity contribution in [2.75, 3.05) is 13.2 Å². The fourth-order valence-electron chi connectivity index (χ4n) is 1.79. The maximum Gasteiger partial charge on any atom is 0.275 e. The Kier molecular flexibility index (Phi) is 3.84. The molecule has 1 N–H and O–H groups in total. The molecule has 0 spiro atoms. The monoisotopic (exact) mass is 241 g/mol. The Morgan fingerprint density at radius 3 is 2.94 bits per heavy atom. The second-order valence-electron chi connectivity index (χ2n) is 3.95. The summed E-state index contributed by atoms with van der Waals surface area (Å²) in [6.45, 7) is 0.726. The van der Waals surface area contributed by atoms with Gasteiger partial charge in [0.15, 0.2) is 5.69 Å². The van der Waals surface area contributed by atoms with E-state index in [1.165, 1.54) is 18.0 Å². The van der Waals surface area contributed by atoms with Crippen LogP contribution in [0.5, 0.6) is 0 Å². The van der Waals surface area contributed by atoms with Crippen molar-refractivity contribution in [3.63, 3.8) is 0 Å². The molecular formula is C10H15N3O2S. The van der Waals surface area contributed by atoms with Crippen molar-refractivity contribution in [3.8, 4) is 0 Å². The van der Waals surface area contributed by atoms with Crippen molar-refractivity contribution >= 4 is 17.4 Å². The molecule has 0 atom stereocenters. The SMILES string of the molecule is O=C(c1csnn1)N(CCCO)C1CCC1. The molecular weight excluding hydrogens is 226 g/mol. The number of nitrogens with zero attached hydrogens (tertiary/aromatic N) is 3. The maximum atomic E-state index is 12.1. The zero-order valence-corrected chi connectivity index (χ0v) is 9.82. The van der Waals surface area contributed by atoms with E-state index in [-0.39, 0.29) is 12.5 Å². The molecule has 0 unspecified atom stereocenters. The van der Waals surface area contributed by atoms with E-state index < -0.39 is 0 Å². The first kappa shape index (κ1) is 11.5. The van der Waals surface area contributed by atoms with Crippen molar-refractivity contribution < 1.29 is 9.90 Å². The first-order valence-corrected chi connectivity index (χ1v) is 6.35. The van der Waals surface area contributed by atoms with Crippen LogP contribution in [0.1, 0.15) is 36.2 Å². The average molecular weight is 241 g/mol. The lowest BCUT2D eigenvalue weighted by molar-refractivity contribution is 0.0556. The van der Waals surface area contributed by atoms with Gasteiger partial charge < -0.3 is 10.0 Å². The van der Waals surface area contributed by atoms with E-state index in [9.17, 15) is 4.79 Å². The lowest BCUT2D eigenvalue weighted by Gasteiger charge is -2.37. The highest BCUT2D eigenvalue weighted by Crippen LogP contribution is 2.26. The zero-order chi connectivity index (χ0) is 11.4. The van der Waals surface area contributed by atoms with E-state index in [1.54, 1.807) is 5.38 Å². The lowest BCUT2D eigenvalue weighted by Crippen LogP contribution is -2.45. The number of amides is 1. The summed E-state index contributed by atoms with van der Waals surface area (Å²) >= 11 is 1.19. The summed E-state index contributed by atoms with van der Waals surface area (Å²) in [5.74, 6) is -0.0492. The highest BCUT2D eigenvalue weighted by Gasteiger charge is 2.29. The van der Waals surface area contributed by atoms with Crippen LogP contribution in [0.15, 0.2) is 5.38 Å². The number of rotatable bonds is 5. The van der Waals surface area contributed by atoms with Crippen LogP contribution >= 0.6 is 11.5 Å². The van der Waals surface area contributed by atoms with E-state index in [0.29, 0.717) is 24.7 Å². The third-order valence-corrected chi connectivity index (χ3v) is 3.42. The molecule has 1 heterocycles. The van der Waals surface area contributed by atoms with Gasteiger partial charge in [-0.1, -0.05) is 4.49 Å². The van der Waals surface area contributed by atoms with Crippen molar-refractivity contribution in [1.29, 1.82) is 0 Å². The summed E-state index contributed by atoms with van der Waals surface area (Å²) in [6, 6.07) is 0.334. The lowest BCUT2D eigenvalue weighted by atomic mass is 9.91. The van der Waals surface area contributed by atoms with Crippen molar-refractivity contribution in [1.82, 2.24) is 14.5 Å². The van der Waals surface area contributed by atoms with Gasteiger partial charge in [-0.2, -0.15) is 0 Å². The normalized spacial score (nSPS) is 15.8. The molecule has 88 valence electrons. The van der Waals surface area contributed by atoms with Gasteiger partial charge in [-0.05, 0) is 37.2 Å². The summed E-state index contributed by atoms with van der Waals surface area (Å²) in [5.41, 5.74) is 0.426. The number of aromatic nitrogens is 2. The highest BCUT2D eigenvalue weighted by atomic mass is 32.1. The number of aliphatic hydroxyl groups is 1. The minimum absolute atomic E-state index is 0.0492. The zero-order valence-electron chi connectivity index (χ0n) is 9.00. The van der Waals surface area contributed by atoms with Crippen LogP contribution in [-0.4, -0.2) is 44.7 Å². The highest BCUT2D eigenvalue weighted by molar-refractivity contribution is 7.03. The number of carbonyl (C=O) groups is 1. The van der Waals surface area contributed by atoms with E-state index in [4.69, 9.17) is 5.11 Å². The number of aliphatic hydroxyl groups excluding tert-OH is 1. The number of carbonyl (C=O) groups excluding carboxylic acids is 1. The Morgan fingerprint density at radius 2 is 2.44 bits per heavy atom. The molecule has 0 aliphatic heterocycles. The van der Waals surface area contributed by atoms with Gasteiger partial charge in [-0.25, -0.2) is 0 Å². The Labute approximate surface area is 98.2 Å². The molecule has 1 amide bonds. The Morgan fingerprint density at radius 1 is 1.62 bits per heavy atom. The average Bonchev–Trinajstić information content (AvgIpc) is 2.73. The molecule has 16 heavy (non-hydrogen) atoms. The summed E-state index contributed by atoms with van der Waals surface area (Å²) in [6.07, 6.45) is 3.94. The summed E-state index contributed by atoms with van der Waals surface area (Å²) in [5, 5.41) is 14.3. The molecule has 1 aliphatic carbocycles. The fraction of sp³-hybridized carbons (Fsp3) is 0.700. The Balaban J connectivity index is 2.02. The minimum Gasteiger partial charge on any atom is -0.396 e. The summed E-state index contributed by atoms with van der Waals surface area (Å²) in [7, 11) is 0. The van der Waals surface area contributed by atoms with Crippen LogP contribution in [0.3, 0.4) is 0 Å². The third-order valence-electron chi connectivity index (χ3n) is 2.91. The molecule has 0 radical (unpaired) electrons. The molecule has 0 saturated heterocycles. The van der Waals surface area contributed by atoms with Gasteiger partial charge in [0.2, 0.25) is 0 Å². The molecule has 1 aromatic rings. The molecule has 1 fully saturated rings. The van der Waals surface area contributed by atoms with Gasteiger partial charge >= 0.3 is 0 Å². The number of hydrogen-bond acceptors (Lipinski definition) is 5. The van der Waals surface area contributed by atoms with Crippen LogP contribution in [0, 0.1) is 0 Å². The molecule has 0 bridgehead atoms. The fourth-order valence-corrected chi connectivity index (χ4v) is 2.22. The van der Waals surface area contributed by atoms with E-state index in [2.05, 4.69) is 9.59 Å². The van der Waals surface area contributed by atoms with Crippen molar-refractivity contribution in [2.24, 2.45) is 0 Å². The topological polar surface area (TPSA) is 66.3 Å². The molecule has 1 aliphatic rings. The van der Waals surface area contributed by atoms with Gasteiger partial charge in [0.05, 0.1) is 0 Å². The second-order valence-corrected chi connectivity index (χ2v) is 4.56. The largest absolute Gasteiger partial charge is 0.396 e. The summed E-state index contributed by atoms with van der Waals surface area (Å²) < 4.78 is 3.70. The Bertz CT molecular complexity index is 338. The predicted molar refractivity (Wildman–Crippen MR) is 60.3 cm³/mol. The first-order valence-electron chi connectivity index (χ1n) is 5.52. The van der Waals surface area contributed by atoms with Crippen LogP contribution in [0.25, 0.3) is 0 Å². The van der Waals surface area contributed by atoms with Gasteiger partial charge in [0.25, 0.3) is 5.91 Å². The van der Waals surface area contributed by atoms with Crippen molar-refractivity contribution in [3.05, 3.63) is 11.1 Å². The van der Waals surface area contributed by atoms with Gasteiger partial charge in [-0.15, -0.1) is 5.10 Å². The quantitative estimate of drug-likeness (QED) is 0.832. The minimum atomic E-state index is -0.0492. The van der Waals surface area contributed by atoms with E-state index in [1.807, 2.05) is 4.90 Å². The van der Waals surface area contributed by atoms with Crippen LogP contribution < -0.4 is 0 Å². The van der Waals surface area contributed by atoms with Crippen LogP contribution in [0.4, 0.5) is 0 Å². The predicted octanol–water partition coefficient (Wildman–Crippen LogP) is 0.915. The maximum absolute atomic E-state index is 12.1. The summed E-state index contributed by atoms with van der Waals surface area (Å²) in [4.78, 5) is 13.9. The molecule has 1 saturated carbocycles. The van der Waals surface area contributed by atoms with Gasteiger partial charge in [0.1, 0.15) is 0 Å². The second kappa shape index (κ2) is 5.36. The Hall–Kier alpha value is -1.01. The molecule has 2 rings (SSSR count). The molecule has 6 heteroatoms. The van der Waals surface area contributed by atoms with Gasteiger partial charge in [-0.3, -0.25) is 4.79 Å².